The van der Waals surface area contributed by atoms with E-state index in [2.05, 4.69) is 25.2 Å². The Hall–Kier alpha value is -3.74. The number of nitrogens with one attached hydrogen (secondary N) is 1. The van der Waals surface area contributed by atoms with E-state index >= 15 is 0 Å². The van der Waals surface area contributed by atoms with Gasteiger partial charge in [0.1, 0.15) is 17.0 Å². The van der Waals surface area contributed by atoms with Crippen LogP contribution in [0.4, 0.5) is 20.5 Å². The molecule has 3 aromatic heterocycles. The first-order valence-corrected chi connectivity index (χ1v) is 12.5. The monoisotopic (exact) mass is 524 g/mol. The van der Waals surface area contributed by atoms with Gasteiger partial charge in [0.15, 0.2) is 11.6 Å². The molecule has 1 aliphatic heterocycles. The van der Waals surface area contributed by atoms with Crippen LogP contribution in [0.1, 0.15) is 31.3 Å². The summed E-state index contributed by atoms with van der Waals surface area (Å²) in [5.74, 6) is -0.446. The summed E-state index contributed by atoms with van der Waals surface area (Å²) in [7, 11) is 0. The van der Waals surface area contributed by atoms with Gasteiger partial charge in [0.05, 0.1) is 24.6 Å². The average Bonchev–Trinajstić information content (AvgIpc) is 3.24. The second-order valence-corrected chi connectivity index (χ2v) is 9.75. The molecule has 0 aliphatic carbocycles. The predicted molar refractivity (Wildman–Crippen MR) is 138 cm³/mol. The van der Waals surface area contributed by atoms with Gasteiger partial charge >= 0.3 is 5.95 Å². The number of halogens is 2. The van der Waals surface area contributed by atoms with Crippen LogP contribution in [0.5, 0.6) is 0 Å². The van der Waals surface area contributed by atoms with Crippen LogP contribution in [0, 0.1) is 23.8 Å². The summed E-state index contributed by atoms with van der Waals surface area (Å²) in [4.78, 5) is 16.7. The standard InChI is InChI=1S/C26H30F2N8O2/c1-16(2)36-17(3)30-25-20(27)10-19(11-22(25)36)24-21(28)12-29-26(32-24)31-23-5-4-18(14-35(23)38)13-33-6-8-34(15-37)9-7-33/h4-5,10-12,14,16,37H,6-9,13,15H2,1-3H3,(H,29,31,32). The highest BCUT2D eigenvalue weighted by Gasteiger charge is 2.20. The molecule has 0 amide bonds. The molecule has 0 spiro atoms. The number of benzene rings is 1. The van der Waals surface area contributed by atoms with Crippen molar-refractivity contribution in [3.05, 3.63) is 64.9 Å². The minimum absolute atomic E-state index is 0.00734. The van der Waals surface area contributed by atoms with E-state index in [1.165, 1.54) is 12.3 Å². The number of hydrogen-bond donors (Lipinski definition) is 2. The van der Waals surface area contributed by atoms with Crippen LogP contribution in [0.25, 0.3) is 22.3 Å². The Balaban J connectivity index is 1.38. The van der Waals surface area contributed by atoms with Gasteiger partial charge in [-0.3, -0.25) is 9.80 Å². The number of piperazine rings is 1. The van der Waals surface area contributed by atoms with Crippen molar-refractivity contribution in [3.63, 3.8) is 0 Å². The summed E-state index contributed by atoms with van der Waals surface area (Å²) in [6, 6.07) is 6.35. The van der Waals surface area contributed by atoms with Crippen molar-refractivity contribution in [2.24, 2.45) is 0 Å². The average molecular weight is 525 g/mol. The summed E-state index contributed by atoms with van der Waals surface area (Å²) in [6.07, 6.45) is 2.47. The fourth-order valence-electron chi connectivity index (χ4n) is 4.86. The van der Waals surface area contributed by atoms with E-state index in [1.54, 1.807) is 19.1 Å². The van der Waals surface area contributed by atoms with E-state index in [4.69, 9.17) is 0 Å². The fourth-order valence-corrected chi connectivity index (χ4v) is 4.86. The van der Waals surface area contributed by atoms with Gasteiger partial charge in [-0.05, 0) is 39.0 Å². The van der Waals surface area contributed by atoms with Crippen LogP contribution in [0.2, 0.25) is 0 Å². The first-order valence-electron chi connectivity index (χ1n) is 12.5. The molecule has 1 aromatic carbocycles. The van der Waals surface area contributed by atoms with Crippen LogP contribution >= 0.6 is 0 Å². The third kappa shape index (κ3) is 5.15. The van der Waals surface area contributed by atoms with Crippen molar-refractivity contribution in [2.45, 2.75) is 33.4 Å². The van der Waals surface area contributed by atoms with Gasteiger partial charge in [0.2, 0.25) is 0 Å². The molecule has 38 heavy (non-hydrogen) atoms. The molecule has 12 heteroatoms. The normalized spacial score (nSPS) is 15.0. The van der Waals surface area contributed by atoms with Crippen molar-refractivity contribution >= 4 is 22.8 Å². The van der Waals surface area contributed by atoms with Gasteiger partial charge < -0.3 is 14.9 Å². The quantitative estimate of drug-likeness (QED) is 0.281. The topological polar surface area (TPSA) is 109 Å². The van der Waals surface area contributed by atoms with Crippen molar-refractivity contribution in [1.82, 2.24) is 29.3 Å². The smallest absolute Gasteiger partial charge is 0.319 e. The molecule has 1 aliphatic rings. The number of hydrogen-bond acceptors (Lipinski definition) is 8. The van der Waals surface area contributed by atoms with Gasteiger partial charge in [0, 0.05) is 56.0 Å². The molecule has 200 valence electrons. The number of aliphatic hydroxyl groups excluding tert-OH is 1. The molecule has 1 fully saturated rings. The van der Waals surface area contributed by atoms with E-state index in [9.17, 15) is 19.1 Å². The molecule has 0 atom stereocenters. The Kier molecular flexibility index (Phi) is 7.19. The molecular weight excluding hydrogens is 494 g/mol. The lowest BCUT2D eigenvalue weighted by Crippen LogP contribution is -2.46. The van der Waals surface area contributed by atoms with Gasteiger partial charge in [-0.15, -0.1) is 0 Å². The lowest BCUT2D eigenvalue weighted by atomic mass is 10.1. The molecule has 0 radical (unpaired) electrons. The summed E-state index contributed by atoms with van der Waals surface area (Å²) in [5, 5.41) is 24.8. The Morgan fingerprint density at radius 1 is 1.08 bits per heavy atom. The molecule has 5 rings (SSSR count). The van der Waals surface area contributed by atoms with Crippen LogP contribution in [0.15, 0.2) is 36.7 Å². The maximum Gasteiger partial charge on any atom is 0.319 e. The Labute approximate surface area is 218 Å². The highest BCUT2D eigenvalue weighted by molar-refractivity contribution is 5.83. The molecule has 0 saturated carbocycles. The lowest BCUT2D eigenvalue weighted by Gasteiger charge is -2.33. The fraction of sp³-hybridized carbons (Fsp3) is 0.385. The van der Waals surface area contributed by atoms with Gasteiger partial charge in [-0.1, -0.05) is 0 Å². The first-order chi connectivity index (χ1) is 18.2. The molecule has 4 heterocycles. The summed E-state index contributed by atoms with van der Waals surface area (Å²) in [5.41, 5.74) is 1.76. The maximum atomic E-state index is 14.9. The molecule has 2 N–H and O–H groups in total. The molecule has 0 unspecified atom stereocenters. The van der Waals surface area contributed by atoms with Crippen molar-refractivity contribution in [3.8, 4) is 11.3 Å². The zero-order chi connectivity index (χ0) is 27.0. The highest BCUT2D eigenvalue weighted by Crippen LogP contribution is 2.30. The van der Waals surface area contributed by atoms with Crippen LogP contribution < -0.4 is 10.0 Å². The Morgan fingerprint density at radius 3 is 2.50 bits per heavy atom. The van der Waals surface area contributed by atoms with E-state index < -0.39 is 11.6 Å². The number of aromatic nitrogens is 5. The van der Waals surface area contributed by atoms with Crippen LogP contribution in [0.3, 0.4) is 0 Å². The SMILES string of the molecule is Cc1nc2c(F)cc(-c3nc(Nc4ccc(CN5CCN(CO)CC5)c[n+]4[O-])ncc3F)cc2n1C(C)C. The third-order valence-corrected chi connectivity index (χ3v) is 6.75. The predicted octanol–water partition coefficient (Wildman–Crippen LogP) is 3.11. The number of fused-ring (bicyclic) bond motifs is 1. The van der Waals surface area contributed by atoms with Crippen molar-refractivity contribution in [2.75, 3.05) is 38.2 Å². The minimum Gasteiger partial charge on any atom is -0.711 e. The maximum absolute atomic E-state index is 14.9. The highest BCUT2D eigenvalue weighted by atomic mass is 19.1. The summed E-state index contributed by atoms with van der Waals surface area (Å²) >= 11 is 0. The lowest BCUT2D eigenvalue weighted by molar-refractivity contribution is -0.590. The zero-order valence-electron chi connectivity index (χ0n) is 21.5. The second kappa shape index (κ2) is 10.6. The third-order valence-electron chi connectivity index (χ3n) is 6.75. The van der Waals surface area contributed by atoms with E-state index in [0.29, 0.717) is 22.6 Å². The van der Waals surface area contributed by atoms with Crippen molar-refractivity contribution in [1.29, 1.82) is 0 Å². The molecular formula is C26H30F2N8O2. The number of nitrogens with zero attached hydrogens (tertiary/aromatic N) is 7. The molecule has 1 saturated heterocycles. The number of aryl methyl sites for hydroxylation is 1. The van der Waals surface area contributed by atoms with E-state index in [1.807, 2.05) is 29.4 Å². The van der Waals surface area contributed by atoms with Crippen LogP contribution in [-0.4, -0.2) is 67.3 Å². The van der Waals surface area contributed by atoms with Crippen molar-refractivity contribution < 1.29 is 18.6 Å². The summed E-state index contributed by atoms with van der Waals surface area (Å²) in [6.45, 7) is 9.53. The largest absolute Gasteiger partial charge is 0.711 e. The number of rotatable bonds is 7. The number of aliphatic hydroxyl groups is 1. The number of anilines is 2. The van der Waals surface area contributed by atoms with Gasteiger partial charge in [-0.2, -0.15) is 9.97 Å². The molecule has 4 aromatic rings. The second-order valence-electron chi connectivity index (χ2n) is 9.75. The van der Waals surface area contributed by atoms with E-state index in [0.717, 1.165) is 37.9 Å². The summed E-state index contributed by atoms with van der Waals surface area (Å²) < 4.78 is 32.3. The Bertz CT molecular complexity index is 1470. The number of pyridine rings is 1. The van der Waals surface area contributed by atoms with Gasteiger partial charge in [0.25, 0.3) is 5.82 Å². The molecule has 10 nitrogen and oxygen atoms in total. The minimum atomic E-state index is -0.715. The zero-order valence-corrected chi connectivity index (χ0v) is 21.5. The Morgan fingerprint density at radius 2 is 1.82 bits per heavy atom. The molecule has 0 bridgehead atoms. The number of imidazole rings is 1. The van der Waals surface area contributed by atoms with Gasteiger partial charge in [-0.25, -0.2) is 23.8 Å². The van der Waals surface area contributed by atoms with E-state index in [-0.39, 0.29) is 41.3 Å². The first kappa shape index (κ1) is 25.9. The van der Waals surface area contributed by atoms with Crippen LogP contribution in [-0.2, 0) is 6.54 Å².